The second-order valence-electron chi connectivity index (χ2n) is 8.65. The molecule has 1 saturated heterocycles. The number of carbonyl (C=O) groups is 1. The number of imidazole rings is 1. The van der Waals surface area contributed by atoms with Crippen molar-refractivity contribution >= 4 is 11.6 Å². The van der Waals surface area contributed by atoms with E-state index >= 15 is 0 Å². The molecule has 6 nitrogen and oxygen atoms in total. The Morgan fingerprint density at radius 1 is 1.32 bits per heavy atom. The van der Waals surface area contributed by atoms with Gasteiger partial charge in [-0.15, -0.1) is 0 Å². The highest BCUT2D eigenvalue weighted by molar-refractivity contribution is 5.79. The minimum absolute atomic E-state index is 0.0583. The van der Waals surface area contributed by atoms with Gasteiger partial charge in [-0.1, -0.05) is 0 Å². The molecule has 2 aliphatic rings. The van der Waals surface area contributed by atoms with Gasteiger partial charge in [0.1, 0.15) is 0 Å². The van der Waals surface area contributed by atoms with E-state index in [4.69, 9.17) is 5.73 Å². The summed E-state index contributed by atoms with van der Waals surface area (Å²) >= 11 is 0. The van der Waals surface area contributed by atoms with Gasteiger partial charge in [0.05, 0.1) is 29.5 Å². The van der Waals surface area contributed by atoms with E-state index in [9.17, 15) is 26.7 Å². The Bertz CT molecular complexity index is 959. The third kappa shape index (κ3) is 4.81. The smallest absolute Gasteiger partial charge is 0.355 e. The maximum absolute atomic E-state index is 13.7. The third-order valence-corrected chi connectivity index (χ3v) is 6.30. The van der Waals surface area contributed by atoms with E-state index < -0.39 is 48.3 Å². The van der Waals surface area contributed by atoms with Gasteiger partial charge in [-0.05, 0) is 37.3 Å². The molecule has 0 spiro atoms. The molecule has 3 N–H and O–H groups in total. The van der Waals surface area contributed by atoms with Crippen molar-refractivity contribution in [2.24, 2.45) is 23.5 Å². The SMILES string of the molecule is NC(c1cn2nc(CC3C[C@H](C(F)(F)F)CNC3=O)ccc2n1)[C@@H]1CCCC(F)(F)C1. The highest BCUT2D eigenvalue weighted by atomic mass is 19.4. The lowest BCUT2D eigenvalue weighted by Gasteiger charge is -2.31. The predicted octanol–water partition coefficient (Wildman–Crippen LogP) is 3.41. The van der Waals surface area contributed by atoms with E-state index in [1.807, 2.05) is 0 Å². The summed E-state index contributed by atoms with van der Waals surface area (Å²) in [7, 11) is 0. The van der Waals surface area contributed by atoms with Crippen molar-refractivity contribution in [1.29, 1.82) is 0 Å². The number of aromatic nitrogens is 3. The van der Waals surface area contributed by atoms with Gasteiger partial charge in [0.25, 0.3) is 0 Å². The van der Waals surface area contributed by atoms with Gasteiger partial charge in [0.2, 0.25) is 11.8 Å². The summed E-state index contributed by atoms with van der Waals surface area (Å²) < 4.78 is 68.0. The summed E-state index contributed by atoms with van der Waals surface area (Å²) in [5, 5.41) is 6.68. The number of hydrogen-bond donors (Lipinski definition) is 2. The van der Waals surface area contributed by atoms with Gasteiger partial charge in [-0.25, -0.2) is 18.3 Å². The zero-order valence-electron chi connectivity index (χ0n) is 16.7. The molecule has 1 saturated carbocycles. The lowest BCUT2D eigenvalue weighted by Crippen LogP contribution is -2.47. The molecule has 31 heavy (non-hydrogen) atoms. The summed E-state index contributed by atoms with van der Waals surface area (Å²) in [5.74, 6) is -5.95. The Kier molecular flexibility index (Phi) is 5.65. The molecule has 2 aromatic heterocycles. The fraction of sp³-hybridized carbons (Fsp3) is 0.650. The van der Waals surface area contributed by atoms with Crippen LogP contribution in [-0.2, 0) is 11.2 Å². The number of nitrogens with two attached hydrogens (primary N) is 1. The van der Waals surface area contributed by atoms with Crippen LogP contribution < -0.4 is 11.1 Å². The fourth-order valence-corrected chi connectivity index (χ4v) is 4.55. The number of alkyl halides is 5. The second-order valence-corrected chi connectivity index (χ2v) is 8.65. The van der Waals surface area contributed by atoms with Crippen LogP contribution in [0.4, 0.5) is 22.0 Å². The van der Waals surface area contributed by atoms with Gasteiger partial charge in [0.15, 0.2) is 5.65 Å². The number of rotatable bonds is 4. The average molecular weight is 445 g/mol. The van der Waals surface area contributed by atoms with E-state index in [-0.39, 0.29) is 25.7 Å². The van der Waals surface area contributed by atoms with Crippen LogP contribution in [0.25, 0.3) is 5.65 Å². The molecule has 0 bridgehead atoms. The van der Waals surface area contributed by atoms with Crippen LogP contribution in [0.15, 0.2) is 18.3 Å². The number of nitrogens with zero attached hydrogens (tertiary/aromatic N) is 3. The Labute approximate surface area is 175 Å². The highest BCUT2D eigenvalue weighted by Crippen LogP contribution is 2.41. The van der Waals surface area contributed by atoms with Crippen LogP contribution in [0.3, 0.4) is 0 Å². The van der Waals surface area contributed by atoms with E-state index in [1.165, 1.54) is 4.52 Å². The summed E-state index contributed by atoms with van der Waals surface area (Å²) in [4.78, 5) is 16.4. The quantitative estimate of drug-likeness (QED) is 0.707. The molecule has 3 heterocycles. The van der Waals surface area contributed by atoms with Crippen molar-refractivity contribution < 1.29 is 26.7 Å². The molecule has 0 aromatic carbocycles. The molecule has 0 radical (unpaired) electrons. The van der Waals surface area contributed by atoms with Crippen LogP contribution in [0.5, 0.6) is 0 Å². The molecule has 2 unspecified atom stereocenters. The van der Waals surface area contributed by atoms with Gasteiger partial charge in [-0.2, -0.15) is 18.3 Å². The van der Waals surface area contributed by atoms with Crippen LogP contribution in [0.1, 0.15) is 49.5 Å². The van der Waals surface area contributed by atoms with E-state index in [2.05, 4.69) is 15.4 Å². The molecule has 2 aromatic rings. The van der Waals surface area contributed by atoms with Crippen LogP contribution in [0, 0.1) is 17.8 Å². The third-order valence-electron chi connectivity index (χ3n) is 6.30. The number of fused-ring (bicyclic) bond motifs is 1. The Hall–Kier alpha value is -2.30. The largest absolute Gasteiger partial charge is 0.393 e. The van der Waals surface area contributed by atoms with E-state index in [0.717, 1.165) is 0 Å². The van der Waals surface area contributed by atoms with Crippen LogP contribution >= 0.6 is 0 Å². The van der Waals surface area contributed by atoms with Crippen molar-refractivity contribution in [2.45, 2.75) is 56.7 Å². The number of nitrogens with one attached hydrogen (secondary N) is 1. The van der Waals surface area contributed by atoms with Crippen molar-refractivity contribution in [2.75, 3.05) is 6.54 Å². The molecule has 1 aliphatic carbocycles. The predicted molar refractivity (Wildman–Crippen MR) is 101 cm³/mol. The molecule has 1 aliphatic heterocycles. The number of halogens is 5. The fourth-order valence-electron chi connectivity index (χ4n) is 4.55. The Morgan fingerprint density at radius 2 is 2.10 bits per heavy atom. The van der Waals surface area contributed by atoms with Gasteiger partial charge < -0.3 is 11.1 Å². The first-order valence-corrected chi connectivity index (χ1v) is 10.3. The molecule has 2 fully saturated rings. The molecule has 1 amide bonds. The Morgan fingerprint density at radius 3 is 2.81 bits per heavy atom. The number of carbonyl (C=O) groups excluding carboxylic acids is 1. The zero-order chi connectivity index (χ0) is 22.4. The summed E-state index contributed by atoms with van der Waals surface area (Å²) in [6, 6.07) is 2.58. The van der Waals surface area contributed by atoms with Gasteiger partial charge in [-0.3, -0.25) is 4.79 Å². The molecule has 170 valence electrons. The first-order chi connectivity index (χ1) is 14.5. The maximum Gasteiger partial charge on any atom is 0.393 e. The molecule has 11 heteroatoms. The van der Waals surface area contributed by atoms with Gasteiger partial charge >= 0.3 is 6.18 Å². The maximum atomic E-state index is 13.7. The van der Waals surface area contributed by atoms with E-state index in [0.29, 0.717) is 29.9 Å². The lowest BCUT2D eigenvalue weighted by atomic mass is 9.81. The second kappa shape index (κ2) is 7.99. The molecule has 4 atom stereocenters. The average Bonchev–Trinajstić information content (AvgIpc) is 3.11. The summed E-state index contributed by atoms with van der Waals surface area (Å²) in [5.41, 5.74) is 7.56. The zero-order valence-corrected chi connectivity index (χ0v) is 16.7. The van der Waals surface area contributed by atoms with Crippen LogP contribution in [-0.4, -0.2) is 39.1 Å². The lowest BCUT2D eigenvalue weighted by molar-refractivity contribution is -0.183. The molecular formula is C20H24F5N5O. The van der Waals surface area contributed by atoms with Crippen LogP contribution in [0.2, 0.25) is 0 Å². The van der Waals surface area contributed by atoms with Crippen molar-refractivity contribution in [3.8, 4) is 0 Å². The standard InChI is InChI=1S/C20H24F5N5O/c21-19(22)5-1-2-11(8-19)17(26)15-10-30-16(28-15)4-3-14(29-30)7-12-6-13(20(23,24)25)9-27-18(12)31/h3-4,10-13,17H,1-2,5-9,26H2,(H,27,31)/t11-,12?,13+,17?/m1/s1. The minimum Gasteiger partial charge on any atom is -0.355 e. The molecule has 4 rings (SSSR count). The monoisotopic (exact) mass is 445 g/mol. The normalized spacial score (nSPS) is 27.8. The summed E-state index contributed by atoms with van der Waals surface area (Å²) in [6.45, 7) is -0.408. The Balaban J connectivity index is 1.49. The molecular weight excluding hydrogens is 421 g/mol. The van der Waals surface area contributed by atoms with Crippen molar-refractivity contribution in [3.63, 3.8) is 0 Å². The number of amides is 1. The first-order valence-electron chi connectivity index (χ1n) is 10.3. The highest BCUT2D eigenvalue weighted by Gasteiger charge is 2.44. The topological polar surface area (TPSA) is 85.3 Å². The summed E-state index contributed by atoms with van der Waals surface area (Å²) in [6.07, 6.45) is -2.43. The number of piperidine rings is 1. The van der Waals surface area contributed by atoms with Gasteiger partial charge in [0, 0.05) is 31.7 Å². The number of hydrogen-bond acceptors (Lipinski definition) is 4. The van der Waals surface area contributed by atoms with Crippen molar-refractivity contribution in [3.05, 3.63) is 29.7 Å². The van der Waals surface area contributed by atoms with Crippen molar-refractivity contribution in [1.82, 2.24) is 19.9 Å². The first kappa shape index (κ1) is 21.9. The minimum atomic E-state index is -4.37. The van der Waals surface area contributed by atoms with E-state index in [1.54, 1.807) is 18.3 Å².